The normalized spacial score (nSPS) is 11.7. The van der Waals surface area contributed by atoms with Gasteiger partial charge in [-0.1, -0.05) is 6.07 Å². The van der Waals surface area contributed by atoms with E-state index in [2.05, 4.69) is 9.97 Å². The fourth-order valence-electron chi connectivity index (χ4n) is 1.61. The summed E-state index contributed by atoms with van der Waals surface area (Å²) in [7, 11) is 5.74. The molecule has 2 rings (SSSR count). The highest BCUT2D eigenvalue weighted by atomic mass is 35.5. The van der Waals surface area contributed by atoms with Crippen LogP contribution in [0.3, 0.4) is 0 Å². The monoisotopic (exact) mass is 333 g/mol. The van der Waals surface area contributed by atoms with Crippen LogP contribution in [0.5, 0.6) is 11.6 Å². The number of rotatable bonds is 3. The number of alkyl halides is 3. The first-order valence-corrected chi connectivity index (χ1v) is 6.15. The molecule has 0 fully saturated rings. The van der Waals surface area contributed by atoms with Crippen molar-refractivity contribution in [2.75, 3.05) is 21.1 Å². The van der Waals surface area contributed by atoms with Crippen molar-refractivity contribution in [3.8, 4) is 11.6 Å². The van der Waals surface area contributed by atoms with E-state index in [-0.39, 0.29) is 24.0 Å². The molecule has 1 aromatic carbocycles. The van der Waals surface area contributed by atoms with Crippen molar-refractivity contribution < 1.29 is 30.3 Å². The lowest BCUT2D eigenvalue weighted by atomic mass is 10.2. The standard InChI is InChI=1S/C14H15F3N3O.ClH/c1-20(2,3)12-8-13(19-9-18-12)21-11-6-4-5-10(7-11)14(15,16)17;/h4-9H,1-3H3;1H/q+1;/p-1. The largest absolute Gasteiger partial charge is 1.00 e. The van der Waals surface area contributed by atoms with Crippen LogP contribution >= 0.6 is 0 Å². The van der Waals surface area contributed by atoms with Crippen LogP contribution in [0.15, 0.2) is 36.7 Å². The molecule has 0 saturated heterocycles. The zero-order valence-corrected chi connectivity index (χ0v) is 13.0. The maximum atomic E-state index is 12.6. The third kappa shape index (κ3) is 4.57. The van der Waals surface area contributed by atoms with Crippen LogP contribution in [0.25, 0.3) is 0 Å². The van der Waals surface area contributed by atoms with Gasteiger partial charge in [-0.2, -0.15) is 18.2 Å². The number of benzene rings is 1. The Morgan fingerprint density at radius 1 is 1.05 bits per heavy atom. The number of nitrogens with zero attached hydrogens (tertiary/aromatic N) is 3. The summed E-state index contributed by atoms with van der Waals surface area (Å²) in [5, 5.41) is 0. The molecule has 4 nitrogen and oxygen atoms in total. The lowest BCUT2D eigenvalue weighted by Crippen LogP contribution is -3.00. The molecule has 0 saturated carbocycles. The van der Waals surface area contributed by atoms with E-state index in [1.165, 1.54) is 18.5 Å². The summed E-state index contributed by atoms with van der Waals surface area (Å²) in [5.41, 5.74) is -0.763. The molecule has 0 unspecified atom stereocenters. The molecule has 0 aliphatic rings. The molecule has 22 heavy (non-hydrogen) atoms. The van der Waals surface area contributed by atoms with Crippen LogP contribution in [0, 0.1) is 0 Å². The van der Waals surface area contributed by atoms with Gasteiger partial charge >= 0.3 is 6.18 Å². The highest BCUT2D eigenvalue weighted by Gasteiger charge is 2.30. The van der Waals surface area contributed by atoms with Crippen LogP contribution in [0.1, 0.15) is 5.56 Å². The molecule has 0 aliphatic heterocycles. The Kier molecular flexibility index (Phi) is 5.37. The van der Waals surface area contributed by atoms with Gasteiger partial charge in [0.25, 0.3) is 0 Å². The van der Waals surface area contributed by atoms with Gasteiger partial charge < -0.3 is 17.1 Å². The average molecular weight is 334 g/mol. The summed E-state index contributed by atoms with van der Waals surface area (Å²) in [6.45, 7) is 0. The van der Waals surface area contributed by atoms with Crippen molar-refractivity contribution in [1.29, 1.82) is 0 Å². The Morgan fingerprint density at radius 3 is 2.32 bits per heavy atom. The second-order valence-electron chi connectivity index (χ2n) is 5.35. The Morgan fingerprint density at radius 2 is 1.73 bits per heavy atom. The smallest absolute Gasteiger partial charge is 0.416 e. The lowest BCUT2D eigenvalue weighted by Gasteiger charge is -2.21. The van der Waals surface area contributed by atoms with Crippen LogP contribution in [0.2, 0.25) is 0 Å². The van der Waals surface area contributed by atoms with Crippen LogP contribution < -0.4 is 21.6 Å². The third-order valence-electron chi connectivity index (χ3n) is 2.70. The van der Waals surface area contributed by atoms with Crippen molar-refractivity contribution >= 4 is 5.82 Å². The zero-order valence-electron chi connectivity index (χ0n) is 12.2. The van der Waals surface area contributed by atoms with E-state index in [1.54, 1.807) is 6.07 Å². The van der Waals surface area contributed by atoms with Gasteiger partial charge in [0.05, 0.1) is 32.8 Å². The van der Waals surface area contributed by atoms with E-state index < -0.39 is 11.7 Å². The maximum Gasteiger partial charge on any atom is 0.416 e. The number of hydrogen-bond donors (Lipinski definition) is 0. The number of ether oxygens (including phenoxy) is 1. The average Bonchev–Trinajstić information content (AvgIpc) is 2.37. The predicted octanol–water partition coefficient (Wildman–Crippen LogP) is 0.488. The first kappa shape index (κ1) is 18.2. The summed E-state index contributed by atoms with van der Waals surface area (Å²) >= 11 is 0. The molecular weight excluding hydrogens is 319 g/mol. The Balaban J connectivity index is 0.00000242. The van der Waals surface area contributed by atoms with E-state index in [4.69, 9.17) is 4.74 Å². The van der Waals surface area contributed by atoms with Crippen molar-refractivity contribution in [3.05, 3.63) is 42.2 Å². The summed E-state index contributed by atoms with van der Waals surface area (Å²) in [6.07, 6.45) is -3.08. The fourth-order valence-corrected chi connectivity index (χ4v) is 1.61. The molecule has 0 radical (unpaired) electrons. The van der Waals surface area contributed by atoms with E-state index in [0.29, 0.717) is 10.3 Å². The lowest BCUT2D eigenvalue weighted by molar-refractivity contribution is -0.137. The van der Waals surface area contributed by atoms with Crippen LogP contribution in [0.4, 0.5) is 19.0 Å². The van der Waals surface area contributed by atoms with E-state index >= 15 is 0 Å². The maximum absolute atomic E-state index is 12.6. The highest BCUT2D eigenvalue weighted by Crippen LogP contribution is 2.32. The molecule has 1 aromatic heterocycles. The SMILES string of the molecule is C[N+](C)(C)c1cc(Oc2cccc(C(F)(F)F)c2)ncn1.[Cl-]. The molecule has 0 atom stereocenters. The molecule has 8 heteroatoms. The molecule has 0 bridgehead atoms. The second kappa shape index (κ2) is 6.50. The van der Waals surface area contributed by atoms with Crippen molar-refractivity contribution in [2.45, 2.75) is 6.18 Å². The number of quaternary nitrogens is 1. The van der Waals surface area contributed by atoms with Crippen molar-refractivity contribution in [1.82, 2.24) is 14.5 Å². The third-order valence-corrected chi connectivity index (χ3v) is 2.70. The van der Waals surface area contributed by atoms with Gasteiger partial charge in [0, 0.05) is 0 Å². The quantitative estimate of drug-likeness (QED) is 0.767. The van der Waals surface area contributed by atoms with Gasteiger partial charge in [0.2, 0.25) is 11.7 Å². The minimum absolute atomic E-state index is 0. The number of aromatic nitrogens is 2. The highest BCUT2D eigenvalue weighted by molar-refractivity contribution is 5.38. The minimum atomic E-state index is -4.40. The van der Waals surface area contributed by atoms with Gasteiger partial charge in [0.1, 0.15) is 12.1 Å². The molecule has 0 aliphatic carbocycles. The van der Waals surface area contributed by atoms with E-state index in [1.807, 2.05) is 21.1 Å². The molecule has 0 N–H and O–H groups in total. The first-order valence-electron chi connectivity index (χ1n) is 6.15. The zero-order chi connectivity index (χ0) is 15.7. The number of halogens is 4. The second-order valence-corrected chi connectivity index (χ2v) is 5.35. The fraction of sp³-hybridized carbons (Fsp3) is 0.286. The molecular formula is C14H15ClF3N3O. The van der Waals surface area contributed by atoms with Crippen molar-refractivity contribution in [2.24, 2.45) is 0 Å². The molecule has 0 spiro atoms. The van der Waals surface area contributed by atoms with E-state index in [9.17, 15) is 13.2 Å². The molecule has 120 valence electrons. The minimum Gasteiger partial charge on any atom is -1.00 e. The summed E-state index contributed by atoms with van der Waals surface area (Å²) in [4.78, 5) is 8.03. The predicted molar refractivity (Wildman–Crippen MR) is 73.1 cm³/mol. The van der Waals surface area contributed by atoms with Crippen LogP contribution in [-0.2, 0) is 6.18 Å². The van der Waals surface area contributed by atoms with Gasteiger partial charge in [-0.15, -0.1) is 0 Å². The topological polar surface area (TPSA) is 35.0 Å². The van der Waals surface area contributed by atoms with Gasteiger partial charge in [-0.25, -0.2) is 4.98 Å². The first-order chi connectivity index (χ1) is 9.66. The molecule has 0 amide bonds. The van der Waals surface area contributed by atoms with Crippen molar-refractivity contribution in [3.63, 3.8) is 0 Å². The Labute approximate surface area is 132 Å². The van der Waals surface area contributed by atoms with E-state index in [0.717, 1.165) is 12.1 Å². The summed E-state index contributed by atoms with van der Waals surface area (Å²) in [6, 6.07) is 6.27. The Hall–Kier alpha value is -1.86. The van der Waals surface area contributed by atoms with Crippen LogP contribution in [-0.4, -0.2) is 31.1 Å². The van der Waals surface area contributed by atoms with Gasteiger partial charge in [-0.3, -0.25) is 4.48 Å². The summed E-state index contributed by atoms with van der Waals surface area (Å²) < 4.78 is 43.8. The Bertz CT molecular complexity index is 586. The summed E-state index contributed by atoms with van der Waals surface area (Å²) in [5.74, 6) is 0.968. The van der Waals surface area contributed by atoms with Gasteiger partial charge in [0.15, 0.2) is 0 Å². The van der Waals surface area contributed by atoms with Gasteiger partial charge in [-0.05, 0) is 18.2 Å². The number of hydrogen-bond acceptors (Lipinski definition) is 3. The molecule has 1 heterocycles. The molecule has 2 aromatic rings.